The summed E-state index contributed by atoms with van der Waals surface area (Å²) in [4.78, 5) is 0. The number of aryl methyl sites for hydroxylation is 1. The van der Waals surface area contributed by atoms with Gasteiger partial charge in [-0.1, -0.05) is 6.07 Å². The van der Waals surface area contributed by atoms with Crippen LogP contribution in [0.1, 0.15) is 42.4 Å². The van der Waals surface area contributed by atoms with Crippen molar-refractivity contribution in [2.24, 2.45) is 0 Å². The largest absolute Gasteiger partial charge is 0.507 e. The highest BCUT2D eigenvalue weighted by Gasteiger charge is 2.23. The summed E-state index contributed by atoms with van der Waals surface area (Å²) in [5.41, 5.74) is 5.06. The average Bonchev–Trinajstić information content (AvgIpc) is 2.63. The van der Waals surface area contributed by atoms with Gasteiger partial charge in [0.2, 0.25) is 0 Å². The molecule has 2 aromatic rings. The van der Waals surface area contributed by atoms with Crippen molar-refractivity contribution in [1.29, 1.82) is 0 Å². The molecule has 1 aliphatic carbocycles. The molecule has 4 rings (SSSR count). The highest BCUT2D eigenvalue weighted by atomic mass is 16.3. The maximum absolute atomic E-state index is 10.4. The molecule has 1 saturated heterocycles. The molecule has 0 radical (unpaired) electrons. The van der Waals surface area contributed by atoms with E-state index in [2.05, 4.69) is 15.5 Å². The maximum Gasteiger partial charge on any atom is 0.152 e. The zero-order valence-corrected chi connectivity index (χ0v) is 14.8. The van der Waals surface area contributed by atoms with Crippen LogP contribution < -0.4 is 10.6 Å². The number of aromatic hydroxyl groups is 1. The first-order valence-electron chi connectivity index (χ1n) is 9.75. The van der Waals surface area contributed by atoms with E-state index in [1.807, 2.05) is 19.1 Å². The van der Waals surface area contributed by atoms with E-state index in [9.17, 15) is 5.11 Å². The predicted octanol–water partition coefficient (Wildman–Crippen LogP) is 3.20. The average molecular weight is 339 g/mol. The summed E-state index contributed by atoms with van der Waals surface area (Å²) >= 11 is 0. The van der Waals surface area contributed by atoms with Crippen molar-refractivity contribution in [2.75, 3.05) is 18.4 Å². The molecule has 0 bridgehead atoms. The van der Waals surface area contributed by atoms with Crippen LogP contribution in [0, 0.1) is 6.92 Å². The van der Waals surface area contributed by atoms with Gasteiger partial charge < -0.3 is 15.7 Å². The molecule has 5 heteroatoms. The van der Waals surface area contributed by atoms with Crippen LogP contribution in [0.5, 0.6) is 5.75 Å². The Bertz CT molecular complexity index is 811. The minimum absolute atomic E-state index is 0.250. The molecule has 5 nitrogen and oxygen atoms in total. The molecule has 3 N–H and O–H groups in total. The predicted molar refractivity (Wildman–Crippen MR) is 100 cm³/mol. The summed E-state index contributed by atoms with van der Waals surface area (Å²) in [6.07, 6.45) is 6.35. The number of hydrogen-bond donors (Lipinski definition) is 3. The maximum atomic E-state index is 10.4. The van der Waals surface area contributed by atoms with E-state index in [0.717, 1.165) is 74.3 Å². The van der Waals surface area contributed by atoms with Gasteiger partial charge in [0.15, 0.2) is 5.82 Å². The molecule has 2 heterocycles. The summed E-state index contributed by atoms with van der Waals surface area (Å²) in [6, 6.07) is 5.97. The second-order valence-electron chi connectivity index (χ2n) is 7.20. The van der Waals surface area contributed by atoms with E-state index < -0.39 is 0 Å². The van der Waals surface area contributed by atoms with E-state index >= 15 is 0 Å². The number of aromatic nitrogens is 2. The number of phenols is 1. The molecule has 132 valence electrons. The number of rotatable bonds is 3. The van der Waals surface area contributed by atoms with Gasteiger partial charge in [-0.15, -0.1) is 10.2 Å². The standard InChI is InChI=1S/C20H26N4O/c1-13-8-9-17(18(25)11-13)19-15-6-2-3-7-16(15)20(24-23-19)22-14-5-4-10-21-12-14/h8-9,11,14,21,25H,2-7,10,12H2,1H3,(H,22,24)/t14-/m1/s1/i/hD. The van der Waals surface area contributed by atoms with Gasteiger partial charge in [-0.3, -0.25) is 0 Å². The van der Waals surface area contributed by atoms with Crippen LogP contribution in [0.3, 0.4) is 0 Å². The van der Waals surface area contributed by atoms with Crippen molar-refractivity contribution >= 4 is 5.82 Å². The Morgan fingerprint density at radius 2 is 2.04 bits per heavy atom. The van der Waals surface area contributed by atoms with Crippen LogP contribution in [0.2, 0.25) is 1.41 Å². The second kappa shape index (κ2) is 7.00. The Kier molecular flexibility index (Phi) is 4.24. The molecule has 2 aliphatic rings. The van der Waals surface area contributed by atoms with Gasteiger partial charge in [0, 0.05) is 23.7 Å². The van der Waals surface area contributed by atoms with Crippen molar-refractivity contribution in [3.05, 3.63) is 34.9 Å². The lowest BCUT2D eigenvalue weighted by Crippen LogP contribution is -2.39. The topological polar surface area (TPSA) is 70.1 Å². The van der Waals surface area contributed by atoms with Gasteiger partial charge in [-0.25, -0.2) is 0 Å². The number of phenolic OH excluding ortho intramolecular Hbond substituents is 1. The molecule has 1 aromatic carbocycles. The lowest BCUT2D eigenvalue weighted by molar-refractivity contribution is 0.475. The van der Waals surface area contributed by atoms with Gasteiger partial charge in [0.25, 0.3) is 0 Å². The molecule has 0 saturated carbocycles. The van der Waals surface area contributed by atoms with Crippen molar-refractivity contribution in [3.63, 3.8) is 0 Å². The Morgan fingerprint density at radius 3 is 2.84 bits per heavy atom. The minimum Gasteiger partial charge on any atom is -0.507 e. The zero-order valence-electron chi connectivity index (χ0n) is 15.8. The van der Waals surface area contributed by atoms with Crippen molar-refractivity contribution in [1.82, 2.24) is 15.5 Å². The molecule has 0 spiro atoms. The third kappa shape index (κ3) is 3.33. The molecule has 1 aromatic heterocycles. The SMILES string of the molecule is [2H]N1CCC[C@@H](Nc2nnc(-c3ccc(C)cc3O)c3c2CCCC3)C1. The summed E-state index contributed by atoms with van der Waals surface area (Å²) in [7, 11) is 0. The Morgan fingerprint density at radius 1 is 1.20 bits per heavy atom. The summed E-state index contributed by atoms with van der Waals surface area (Å²) in [6.45, 7) is 3.53. The first-order chi connectivity index (χ1) is 12.6. The van der Waals surface area contributed by atoms with Crippen LogP contribution in [-0.2, 0) is 12.8 Å². The van der Waals surface area contributed by atoms with Crippen LogP contribution >= 0.6 is 0 Å². The van der Waals surface area contributed by atoms with Gasteiger partial charge in [-0.05, 0) is 75.3 Å². The zero-order chi connectivity index (χ0) is 18.1. The molecular formula is C20H26N4O. The first-order valence-corrected chi connectivity index (χ1v) is 9.30. The number of anilines is 1. The molecule has 0 amide bonds. The van der Waals surface area contributed by atoms with E-state index in [0.29, 0.717) is 0 Å². The lowest BCUT2D eigenvalue weighted by atomic mass is 9.88. The fraction of sp³-hybridized carbons (Fsp3) is 0.500. The van der Waals surface area contributed by atoms with Gasteiger partial charge in [0.1, 0.15) is 12.9 Å². The fourth-order valence-electron chi connectivity index (χ4n) is 3.92. The molecule has 1 aliphatic heterocycles. The number of fused-ring (bicyclic) bond motifs is 1. The number of benzene rings is 1. The van der Waals surface area contributed by atoms with Crippen molar-refractivity contribution < 1.29 is 6.52 Å². The third-order valence-corrected chi connectivity index (χ3v) is 5.26. The fourth-order valence-corrected chi connectivity index (χ4v) is 3.92. The van der Waals surface area contributed by atoms with Gasteiger partial charge in [-0.2, -0.15) is 0 Å². The van der Waals surface area contributed by atoms with Gasteiger partial charge >= 0.3 is 0 Å². The third-order valence-electron chi connectivity index (χ3n) is 5.26. The minimum atomic E-state index is 0.250. The first kappa shape index (κ1) is 15.1. The second-order valence-corrected chi connectivity index (χ2v) is 7.20. The molecule has 1 atom stereocenters. The summed E-state index contributed by atoms with van der Waals surface area (Å²) < 4.78 is 7.87. The van der Waals surface area contributed by atoms with Crippen LogP contribution in [0.15, 0.2) is 18.2 Å². The smallest absolute Gasteiger partial charge is 0.152 e. The number of nitrogens with zero attached hydrogens (tertiary/aromatic N) is 2. The van der Waals surface area contributed by atoms with Crippen LogP contribution in [0.25, 0.3) is 11.3 Å². The van der Waals surface area contributed by atoms with E-state index in [4.69, 9.17) is 1.41 Å². The van der Waals surface area contributed by atoms with Crippen LogP contribution in [0.4, 0.5) is 5.82 Å². The number of piperidine rings is 1. The summed E-state index contributed by atoms with van der Waals surface area (Å²) in [5.74, 6) is 1.14. The molecular weight excluding hydrogens is 312 g/mol. The van der Waals surface area contributed by atoms with Gasteiger partial charge in [0.05, 0.1) is 0 Å². The Labute approximate surface area is 150 Å². The highest BCUT2D eigenvalue weighted by Crippen LogP contribution is 2.37. The highest BCUT2D eigenvalue weighted by molar-refractivity contribution is 5.73. The van der Waals surface area contributed by atoms with Crippen molar-refractivity contribution in [3.8, 4) is 17.0 Å². The van der Waals surface area contributed by atoms with E-state index in [1.165, 1.54) is 11.1 Å². The normalized spacial score (nSPS) is 21.5. The van der Waals surface area contributed by atoms with E-state index in [1.54, 1.807) is 11.4 Å². The quantitative estimate of drug-likeness (QED) is 0.801. The molecule has 0 unspecified atom stereocenters. The lowest BCUT2D eigenvalue weighted by Gasteiger charge is -2.27. The Balaban J connectivity index is 1.70. The molecule has 1 fully saturated rings. The number of hydrogen-bond acceptors (Lipinski definition) is 5. The summed E-state index contributed by atoms with van der Waals surface area (Å²) in [5, 5.41) is 24.6. The molecule has 25 heavy (non-hydrogen) atoms. The number of nitrogens with one attached hydrogen (secondary N) is 2. The van der Waals surface area contributed by atoms with E-state index in [-0.39, 0.29) is 11.8 Å². The monoisotopic (exact) mass is 339 g/mol. The Hall–Kier alpha value is -2.14. The van der Waals surface area contributed by atoms with Crippen LogP contribution in [-0.4, -0.2) is 34.4 Å². The van der Waals surface area contributed by atoms with Crippen molar-refractivity contribution in [2.45, 2.75) is 51.5 Å².